The molecule has 218 valence electrons. The molecule has 0 aliphatic rings. The van der Waals surface area contributed by atoms with Gasteiger partial charge in [-0.25, -0.2) is 0 Å². The summed E-state index contributed by atoms with van der Waals surface area (Å²) in [5, 5.41) is 12.4. The lowest BCUT2D eigenvalue weighted by molar-refractivity contribution is 0.669. The van der Waals surface area contributed by atoms with Crippen molar-refractivity contribution in [3.05, 3.63) is 170 Å². The van der Waals surface area contributed by atoms with E-state index in [4.69, 9.17) is 4.42 Å². The number of rotatable bonds is 3. The first-order valence-electron chi connectivity index (χ1n) is 16.2. The van der Waals surface area contributed by atoms with Gasteiger partial charge >= 0.3 is 0 Å². The first-order valence-corrected chi connectivity index (χ1v) is 16.2. The van der Waals surface area contributed by atoms with Crippen molar-refractivity contribution >= 4 is 65.0 Å². The summed E-state index contributed by atoms with van der Waals surface area (Å²) in [6.45, 7) is 0. The van der Waals surface area contributed by atoms with E-state index in [2.05, 4.69) is 170 Å². The molecule has 0 radical (unpaired) electrons. The third kappa shape index (κ3) is 3.97. The molecular weight excluding hydrogens is 569 g/mol. The molecule has 10 rings (SSSR count). The molecular formula is C46H28O. The van der Waals surface area contributed by atoms with E-state index in [1.807, 2.05) is 0 Å². The van der Waals surface area contributed by atoms with Gasteiger partial charge < -0.3 is 4.42 Å². The Labute approximate surface area is 271 Å². The molecule has 0 saturated carbocycles. The molecule has 10 aromatic rings. The molecule has 9 aromatic carbocycles. The molecule has 0 spiro atoms. The summed E-state index contributed by atoms with van der Waals surface area (Å²) in [6.07, 6.45) is 0. The molecule has 0 unspecified atom stereocenters. The van der Waals surface area contributed by atoms with Crippen LogP contribution in [0.3, 0.4) is 0 Å². The zero-order valence-corrected chi connectivity index (χ0v) is 25.6. The van der Waals surface area contributed by atoms with Gasteiger partial charge in [0, 0.05) is 10.8 Å². The van der Waals surface area contributed by atoms with Gasteiger partial charge in [0.15, 0.2) is 0 Å². The lowest BCUT2D eigenvalue weighted by Gasteiger charge is -2.19. The second-order valence-electron chi connectivity index (χ2n) is 12.4. The standard InChI is InChI=1S/C46H28O/c1-2-12-29(13-3-1)30-22-24-36-41-27-32(23-25-43(41)47-44(36)28-30)45-37-18-8-10-20-39(37)46(40-21-11-9-19-38(40)45)42-26-31-14-4-5-15-33(31)34-16-6-7-17-35(34)42/h1-28H. The van der Waals surface area contributed by atoms with Crippen LogP contribution in [0.15, 0.2) is 174 Å². The minimum absolute atomic E-state index is 0.904. The van der Waals surface area contributed by atoms with E-state index in [1.54, 1.807) is 0 Å². The van der Waals surface area contributed by atoms with Crippen molar-refractivity contribution in [2.24, 2.45) is 0 Å². The third-order valence-corrected chi connectivity index (χ3v) is 9.84. The summed E-state index contributed by atoms with van der Waals surface area (Å²) >= 11 is 0. The summed E-state index contributed by atoms with van der Waals surface area (Å²) in [6, 6.07) is 61.5. The molecule has 0 fully saturated rings. The number of fused-ring (bicyclic) bond motifs is 8. The maximum Gasteiger partial charge on any atom is 0.136 e. The summed E-state index contributed by atoms with van der Waals surface area (Å²) in [5.74, 6) is 0. The Morgan fingerprint density at radius 2 is 0.851 bits per heavy atom. The van der Waals surface area contributed by atoms with Crippen LogP contribution in [0, 0.1) is 0 Å². The highest BCUT2D eigenvalue weighted by atomic mass is 16.3. The van der Waals surface area contributed by atoms with Crippen molar-refractivity contribution in [2.45, 2.75) is 0 Å². The van der Waals surface area contributed by atoms with E-state index in [9.17, 15) is 0 Å². The average molecular weight is 597 g/mol. The van der Waals surface area contributed by atoms with Gasteiger partial charge in [0.2, 0.25) is 0 Å². The Kier molecular flexibility index (Phi) is 5.64. The maximum absolute atomic E-state index is 6.43. The molecule has 1 nitrogen and oxygen atoms in total. The van der Waals surface area contributed by atoms with Gasteiger partial charge in [-0.05, 0) is 107 Å². The molecule has 0 bridgehead atoms. The SMILES string of the molecule is c1ccc(-c2ccc3c(c2)oc2ccc(-c4c5ccccc5c(-c5cc6ccccc6c6ccccc56)c5ccccc45)cc23)cc1. The normalized spacial score (nSPS) is 11.8. The molecule has 0 N–H and O–H groups in total. The summed E-state index contributed by atoms with van der Waals surface area (Å²) in [7, 11) is 0. The van der Waals surface area contributed by atoms with Crippen molar-refractivity contribution in [1.82, 2.24) is 0 Å². The minimum atomic E-state index is 0.904. The number of benzene rings is 9. The van der Waals surface area contributed by atoms with E-state index >= 15 is 0 Å². The smallest absolute Gasteiger partial charge is 0.136 e. The highest BCUT2D eigenvalue weighted by Gasteiger charge is 2.20. The van der Waals surface area contributed by atoms with Crippen LogP contribution in [-0.4, -0.2) is 0 Å². The molecule has 47 heavy (non-hydrogen) atoms. The zero-order chi connectivity index (χ0) is 30.9. The van der Waals surface area contributed by atoms with Gasteiger partial charge in [0.25, 0.3) is 0 Å². The Hall–Kier alpha value is -6.18. The first-order chi connectivity index (χ1) is 23.3. The monoisotopic (exact) mass is 596 g/mol. The van der Waals surface area contributed by atoms with Crippen LogP contribution in [0.2, 0.25) is 0 Å². The number of hydrogen-bond acceptors (Lipinski definition) is 1. The van der Waals surface area contributed by atoms with Crippen molar-refractivity contribution in [3.8, 4) is 33.4 Å². The Balaban J connectivity index is 1.26. The van der Waals surface area contributed by atoms with Gasteiger partial charge in [0.1, 0.15) is 11.2 Å². The minimum Gasteiger partial charge on any atom is -0.456 e. The van der Waals surface area contributed by atoms with E-state index in [1.165, 1.54) is 70.9 Å². The van der Waals surface area contributed by atoms with E-state index in [0.29, 0.717) is 0 Å². The Morgan fingerprint density at radius 3 is 1.57 bits per heavy atom. The predicted molar refractivity (Wildman–Crippen MR) is 200 cm³/mol. The highest BCUT2D eigenvalue weighted by molar-refractivity contribution is 6.26. The second-order valence-corrected chi connectivity index (χ2v) is 12.4. The molecule has 0 saturated heterocycles. The summed E-state index contributed by atoms with van der Waals surface area (Å²) in [5.41, 5.74) is 9.15. The van der Waals surface area contributed by atoms with Crippen molar-refractivity contribution < 1.29 is 4.42 Å². The van der Waals surface area contributed by atoms with Crippen LogP contribution in [0.4, 0.5) is 0 Å². The molecule has 0 aliphatic carbocycles. The van der Waals surface area contributed by atoms with Crippen LogP contribution in [0.25, 0.3) is 98.4 Å². The average Bonchev–Trinajstić information content (AvgIpc) is 3.51. The van der Waals surface area contributed by atoms with Crippen LogP contribution in [0.5, 0.6) is 0 Å². The third-order valence-electron chi connectivity index (χ3n) is 9.84. The van der Waals surface area contributed by atoms with Gasteiger partial charge in [-0.1, -0.05) is 140 Å². The summed E-state index contributed by atoms with van der Waals surface area (Å²) in [4.78, 5) is 0. The number of hydrogen-bond donors (Lipinski definition) is 0. The van der Waals surface area contributed by atoms with Crippen LogP contribution in [-0.2, 0) is 0 Å². The quantitative estimate of drug-likeness (QED) is 0.146. The van der Waals surface area contributed by atoms with E-state index in [-0.39, 0.29) is 0 Å². The fraction of sp³-hybridized carbons (Fsp3) is 0. The topological polar surface area (TPSA) is 13.1 Å². The van der Waals surface area contributed by atoms with Gasteiger partial charge in [-0.3, -0.25) is 0 Å². The fourth-order valence-electron chi connectivity index (χ4n) is 7.73. The van der Waals surface area contributed by atoms with Gasteiger partial charge in [-0.15, -0.1) is 0 Å². The summed E-state index contributed by atoms with van der Waals surface area (Å²) < 4.78 is 6.43. The van der Waals surface area contributed by atoms with Crippen molar-refractivity contribution in [2.75, 3.05) is 0 Å². The highest BCUT2D eigenvalue weighted by Crippen LogP contribution is 2.47. The molecule has 1 heteroatoms. The number of furan rings is 1. The Bertz CT molecular complexity index is 2780. The van der Waals surface area contributed by atoms with Gasteiger partial charge in [-0.2, -0.15) is 0 Å². The van der Waals surface area contributed by atoms with Crippen LogP contribution >= 0.6 is 0 Å². The molecule has 0 amide bonds. The molecule has 1 aromatic heterocycles. The zero-order valence-electron chi connectivity index (χ0n) is 25.6. The maximum atomic E-state index is 6.43. The van der Waals surface area contributed by atoms with E-state index < -0.39 is 0 Å². The van der Waals surface area contributed by atoms with Crippen LogP contribution < -0.4 is 0 Å². The predicted octanol–water partition coefficient (Wildman–Crippen LogP) is 13.2. The molecule has 0 aliphatic heterocycles. The van der Waals surface area contributed by atoms with E-state index in [0.717, 1.165) is 27.5 Å². The fourth-order valence-corrected chi connectivity index (χ4v) is 7.73. The van der Waals surface area contributed by atoms with Crippen molar-refractivity contribution in [1.29, 1.82) is 0 Å². The van der Waals surface area contributed by atoms with Gasteiger partial charge in [0.05, 0.1) is 0 Å². The lowest BCUT2D eigenvalue weighted by atomic mass is 9.83. The van der Waals surface area contributed by atoms with Crippen LogP contribution in [0.1, 0.15) is 0 Å². The molecule has 0 atom stereocenters. The van der Waals surface area contributed by atoms with Crippen molar-refractivity contribution in [3.63, 3.8) is 0 Å². The first kappa shape index (κ1) is 26.1. The largest absolute Gasteiger partial charge is 0.456 e. The Morgan fingerprint density at radius 1 is 0.277 bits per heavy atom. The molecule has 1 heterocycles. The lowest BCUT2D eigenvalue weighted by Crippen LogP contribution is -1.92. The second kappa shape index (κ2) is 10.2.